The predicted octanol–water partition coefficient (Wildman–Crippen LogP) is 5.80. The van der Waals surface area contributed by atoms with Gasteiger partial charge in [0.1, 0.15) is 52.9 Å². The van der Waals surface area contributed by atoms with Crippen LogP contribution in [0.1, 0.15) is 76.0 Å². The van der Waals surface area contributed by atoms with Crippen LogP contribution in [0.15, 0.2) is 84.5 Å². The van der Waals surface area contributed by atoms with Crippen molar-refractivity contribution in [3.63, 3.8) is 0 Å². The second-order valence-corrected chi connectivity index (χ2v) is 23.0. The van der Waals surface area contributed by atoms with Crippen LogP contribution in [-0.2, 0) is 77.7 Å². The number of ether oxygens (including phenoxy) is 12. The molecule has 25 heteroatoms. The summed E-state index contributed by atoms with van der Waals surface area (Å²) in [5.74, 6) is -1.75. The van der Waals surface area contributed by atoms with E-state index >= 15 is 0 Å². The number of anilines is 1. The molecule has 2 saturated heterocycles. The van der Waals surface area contributed by atoms with Gasteiger partial charge in [-0.25, -0.2) is 14.4 Å². The van der Waals surface area contributed by atoms with Crippen molar-refractivity contribution >= 4 is 53.2 Å². The van der Waals surface area contributed by atoms with Crippen molar-refractivity contribution in [3.05, 3.63) is 106 Å². The Morgan fingerprint density at radius 2 is 1.40 bits per heavy atom. The molecular weight excluding hydrogens is 1180 g/mol. The summed E-state index contributed by atoms with van der Waals surface area (Å²) in [4.78, 5) is 82.0. The van der Waals surface area contributed by atoms with Crippen LogP contribution >= 0.6 is 11.6 Å². The van der Waals surface area contributed by atoms with Gasteiger partial charge in [-0.1, -0.05) is 83.9 Å². The topological polar surface area (TPSA) is 276 Å². The lowest BCUT2D eigenvalue weighted by atomic mass is 9.72. The Kier molecular flexibility index (Phi) is 26.2. The van der Waals surface area contributed by atoms with Crippen molar-refractivity contribution < 1.29 is 90.7 Å². The third-order valence-electron chi connectivity index (χ3n) is 16.1. The molecule has 24 nitrogen and oxygen atoms in total. The van der Waals surface area contributed by atoms with Gasteiger partial charge >= 0.3 is 18.2 Å². The molecule has 7 atom stereocenters. The predicted molar refractivity (Wildman–Crippen MR) is 327 cm³/mol. The fourth-order valence-corrected chi connectivity index (χ4v) is 11.5. The molecular formula is C64H86ClN5O19. The fourth-order valence-electron chi connectivity index (χ4n) is 11.2. The molecule has 5 amide bonds. The number of allylic oxidation sites excluding steroid dienone is 3. The SMILES string of the molecule is COc1cc2cc(c1Cl)N(C)C(=O)C[C@H](OC(=O)[C@H](C)N(C)C(=O)CCOCCOCCOCCOCCOCCOCCNC(=O)CNC(=O)OCC1c3ccccc3-c3ccccc31)[C@@]1(C)CC(C)(O1)[C@@H]1C[C@@](O)(NC(=O)O1)[C@H](OC)/C=C/C=C(\C)C2. The van der Waals surface area contributed by atoms with E-state index in [4.69, 9.17) is 68.4 Å². The van der Waals surface area contributed by atoms with Crippen molar-refractivity contribution in [2.75, 3.05) is 132 Å². The maximum absolute atomic E-state index is 14.3. The molecule has 0 spiro atoms. The quantitative estimate of drug-likeness (QED) is 0.0348. The van der Waals surface area contributed by atoms with Crippen LogP contribution in [0.3, 0.4) is 0 Å². The Balaban J connectivity index is 0.727. The summed E-state index contributed by atoms with van der Waals surface area (Å²) in [6.45, 7) is 10.6. The maximum atomic E-state index is 14.3. The number of alkyl carbamates (subject to hydrolysis) is 2. The summed E-state index contributed by atoms with van der Waals surface area (Å²) in [6.07, 6.45) is 0.458. The number of esters is 1. The van der Waals surface area contributed by atoms with E-state index in [2.05, 4.69) is 28.1 Å². The minimum Gasteiger partial charge on any atom is -0.495 e. The van der Waals surface area contributed by atoms with Crippen molar-refractivity contribution in [1.29, 1.82) is 0 Å². The summed E-state index contributed by atoms with van der Waals surface area (Å²) in [5.41, 5.74) is 2.11. The van der Waals surface area contributed by atoms with Crippen LogP contribution in [-0.4, -0.2) is 214 Å². The lowest BCUT2D eigenvalue weighted by Gasteiger charge is -2.59. The summed E-state index contributed by atoms with van der Waals surface area (Å²) < 4.78 is 68.5. The summed E-state index contributed by atoms with van der Waals surface area (Å²) in [5, 5.41) is 19.8. The van der Waals surface area contributed by atoms with E-state index in [9.17, 15) is 33.9 Å². The van der Waals surface area contributed by atoms with Crippen molar-refractivity contribution in [2.24, 2.45) is 0 Å². The van der Waals surface area contributed by atoms with E-state index in [1.807, 2.05) is 49.4 Å². The number of fused-ring (bicyclic) bond motifs is 9. The number of methoxy groups -OCH3 is 2. The largest absolute Gasteiger partial charge is 0.495 e. The van der Waals surface area contributed by atoms with Crippen LogP contribution in [0.5, 0.6) is 5.75 Å². The Hall–Kier alpha value is -6.71. The zero-order valence-electron chi connectivity index (χ0n) is 52.1. The van der Waals surface area contributed by atoms with E-state index in [0.717, 1.165) is 33.4 Å². The number of likely N-dealkylation sites (N-methyl/N-ethyl adjacent to an activating group) is 1. The highest BCUT2D eigenvalue weighted by Gasteiger charge is 2.63. The Bertz CT molecular complexity index is 2910. The van der Waals surface area contributed by atoms with Crippen molar-refractivity contribution in [1.82, 2.24) is 20.9 Å². The molecule has 8 rings (SSSR count). The monoisotopic (exact) mass is 1260 g/mol. The third kappa shape index (κ3) is 19.2. The molecule has 2 fully saturated rings. The molecule has 5 aliphatic rings. The molecule has 0 aromatic heterocycles. The highest BCUT2D eigenvalue weighted by atomic mass is 35.5. The number of benzene rings is 3. The normalized spacial score (nSPS) is 23.7. The van der Waals surface area contributed by atoms with E-state index in [1.165, 1.54) is 38.0 Å². The number of nitrogens with one attached hydrogen (secondary N) is 3. The lowest BCUT2D eigenvalue weighted by Crippen LogP contribution is -2.72. The lowest BCUT2D eigenvalue weighted by molar-refractivity contribution is -0.328. The number of halogens is 1. The first-order chi connectivity index (χ1) is 42.7. The van der Waals surface area contributed by atoms with Crippen LogP contribution in [0.4, 0.5) is 15.3 Å². The molecule has 4 aliphatic heterocycles. The first-order valence-corrected chi connectivity index (χ1v) is 30.3. The number of carbonyl (C=O) groups excluding carboxylic acids is 6. The zero-order valence-corrected chi connectivity index (χ0v) is 52.9. The Morgan fingerprint density at radius 1 is 0.831 bits per heavy atom. The third-order valence-corrected chi connectivity index (χ3v) is 16.4. The summed E-state index contributed by atoms with van der Waals surface area (Å²) in [7, 11) is 5.92. The molecule has 0 radical (unpaired) electrons. The van der Waals surface area contributed by atoms with Gasteiger partial charge in [0.15, 0.2) is 5.72 Å². The fraction of sp³-hybridized carbons (Fsp3) is 0.562. The van der Waals surface area contributed by atoms with Gasteiger partial charge in [-0.15, -0.1) is 0 Å². The second kappa shape index (κ2) is 33.4. The smallest absolute Gasteiger partial charge is 0.409 e. The Labute approximate surface area is 525 Å². The summed E-state index contributed by atoms with van der Waals surface area (Å²) in [6, 6.07) is 18.6. The molecule has 1 aliphatic carbocycles. The molecule has 488 valence electrons. The van der Waals surface area contributed by atoms with Gasteiger partial charge in [-0.05, 0) is 74.1 Å². The van der Waals surface area contributed by atoms with Gasteiger partial charge in [-0.2, -0.15) is 0 Å². The van der Waals surface area contributed by atoms with Crippen LogP contribution < -0.4 is 25.6 Å². The molecule has 0 saturated carbocycles. The van der Waals surface area contributed by atoms with E-state index in [0.29, 0.717) is 70.7 Å². The van der Waals surface area contributed by atoms with Gasteiger partial charge in [0.2, 0.25) is 17.7 Å². The first kappa shape index (κ1) is 69.8. The number of hydrogen-bond donors (Lipinski definition) is 4. The first-order valence-electron chi connectivity index (χ1n) is 29.9. The van der Waals surface area contributed by atoms with E-state index in [1.54, 1.807) is 45.2 Å². The molecule has 3 aromatic carbocycles. The standard InChI is InChI=1S/C64H86ClN5O19/c1-42-14-13-19-52(79-8)64(77)38-54(88-61(76)68-64)63(4)41-62(3,89-63)53(37-57(73)70(6)50-35-44(34-42)36-51(78-7)58(50)65)87-59(74)43(2)69(5)56(72)20-22-80-24-26-82-28-30-84-32-33-85-31-29-83-27-25-81-23-21-66-55(71)39-67-60(75)86-40-49-47-17-11-9-15-45(47)46-16-10-12-18-48(46)49/h9-19,35-36,43,49,52-54,77H,20-34,37-41H2,1-8H3,(H,66,71)(H,67,75)(H,68,76)/b19-13+,42-14+/t43-,52+,53-,54-,62+,63?,64-/m0/s1. The van der Waals surface area contributed by atoms with Gasteiger partial charge in [0.25, 0.3) is 0 Å². The molecule has 4 N–H and O–H groups in total. The van der Waals surface area contributed by atoms with Crippen molar-refractivity contribution in [2.45, 2.75) is 107 Å². The number of hydrogen-bond acceptors (Lipinski definition) is 19. The van der Waals surface area contributed by atoms with Gasteiger partial charge in [0.05, 0.1) is 111 Å². The molecule has 1 unspecified atom stereocenters. The highest BCUT2D eigenvalue weighted by Crippen LogP contribution is 2.51. The van der Waals surface area contributed by atoms with Crippen molar-refractivity contribution in [3.8, 4) is 16.9 Å². The minimum absolute atomic E-state index is 0.0432. The minimum atomic E-state index is -1.90. The number of carbonyl (C=O) groups is 6. The highest BCUT2D eigenvalue weighted by molar-refractivity contribution is 6.35. The maximum Gasteiger partial charge on any atom is 0.409 e. The number of rotatable bonds is 30. The number of aliphatic hydroxyl groups is 1. The average molecular weight is 1260 g/mol. The summed E-state index contributed by atoms with van der Waals surface area (Å²) >= 11 is 6.82. The zero-order chi connectivity index (χ0) is 64.1. The molecule has 89 heavy (non-hydrogen) atoms. The van der Waals surface area contributed by atoms with Crippen LogP contribution in [0.25, 0.3) is 11.1 Å². The number of nitrogens with zero attached hydrogens (tertiary/aromatic N) is 2. The molecule has 6 bridgehead atoms. The van der Waals surface area contributed by atoms with Crippen LogP contribution in [0.2, 0.25) is 5.02 Å². The Morgan fingerprint density at radius 3 is 1.99 bits per heavy atom. The molecule has 3 aromatic rings. The number of amides is 5. The van der Waals surface area contributed by atoms with Crippen LogP contribution in [0, 0.1) is 0 Å². The van der Waals surface area contributed by atoms with Gasteiger partial charge in [0, 0.05) is 46.5 Å². The van der Waals surface area contributed by atoms with E-state index in [-0.39, 0.29) is 88.7 Å². The van der Waals surface area contributed by atoms with Gasteiger partial charge < -0.3 is 82.4 Å². The van der Waals surface area contributed by atoms with E-state index < -0.39 is 71.3 Å². The average Bonchev–Trinajstić information content (AvgIpc) is 1.25. The molecule has 4 heterocycles. The van der Waals surface area contributed by atoms with Gasteiger partial charge in [-0.3, -0.25) is 19.7 Å². The second-order valence-electron chi connectivity index (χ2n) is 22.6.